The van der Waals surface area contributed by atoms with E-state index in [1.54, 1.807) is 0 Å². The van der Waals surface area contributed by atoms with Crippen molar-refractivity contribution in [2.24, 2.45) is 0 Å². The lowest BCUT2D eigenvalue weighted by molar-refractivity contribution is 1.07. The molecule has 0 radical (unpaired) electrons. The Morgan fingerprint density at radius 1 is 0.279 bits per heavy atom. The van der Waals surface area contributed by atoms with Crippen LogP contribution in [0.15, 0.2) is 212 Å². The van der Waals surface area contributed by atoms with Gasteiger partial charge in [-0.1, -0.05) is 164 Å². The van der Waals surface area contributed by atoms with Gasteiger partial charge in [0.05, 0.1) is 22.2 Å². The first-order valence-corrected chi connectivity index (χ1v) is 20.5. The minimum atomic E-state index is 0.625. The van der Waals surface area contributed by atoms with Crippen molar-refractivity contribution in [3.63, 3.8) is 0 Å². The maximum atomic E-state index is 5.38. The van der Waals surface area contributed by atoms with Gasteiger partial charge in [0, 0.05) is 49.5 Å². The molecule has 0 atom stereocenters. The average molecular weight is 778 g/mol. The van der Waals surface area contributed by atoms with Crippen molar-refractivity contribution in [2.45, 2.75) is 0 Å². The first-order chi connectivity index (χ1) is 30.2. The Kier molecular flexibility index (Phi) is 8.10. The Morgan fingerprint density at radius 2 is 0.836 bits per heavy atom. The summed E-state index contributed by atoms with van der Waals surface area (Å²) in [6.07, 6.45) is 0. The number of aromatic nitrogens is 5. The highest BCUT2D eigenvalue weighted by atomic mass is 15.0. The quantitative estimate of drug-likeness (QED) is 0.158. The van der Waals surface area contributed by atoms with Crippen LogP contribution >= 0.6 is 0 Å². The highest BCUT2D eigenvalue weighted by Crippen LogP contribution is 2.40. The fourth-order valence-corrected chi connectivity index (χ4v) is 8.84. The number of hydrogen-bond donors (Lipinski definition) is 0. The molecule has 3 aromatic heterocycles. The molecule has 284 valence electrons. The first-order valence-electron chi connectivity index (χ1n) is 20.5. The third kappa shape index (κ3) is 6.02. The van der Waals surface area contributed by atoms with Gasteiger partial charge in [0.1, 0.15) is 0 Å². The van der Waals surface area contributed by atoms with Crippen LogP contribution in [0.5, 0.6) is 0 Å². The van der Waals surface area contributed by atoms with Gasteiger partial charge in [-0.2, -0.15) is 0 Å². The van der Waals surface area contributed by atoms with Gasteiger partial charge in [-0.15, -0.1) is 0 Å². The monoisotopic (exact) mass is 777 g/mol. The SMILES string of the molecule is c1ccc(-c2nc(-c3cccc(-c4ccc5c(c4)c4cc6nc(-c7ccccc7)c7ccccc7c6cc4n5-c4ccccc4)c3)nc(-c3ccc4ccccc4c3)n2)cc1. The van der Waals surface area contributed by atoms with Crippen molar-refractivity contribution in [1.82, 2.24) is 24.5 Å². The fourth-order valence-electron chi connectivity index (χ4n) is 8.84. The van der Waals surface area contributed by atoms with E-state index in [1.807, 2.05) is 30.3 Å². The normalized spacial score (nSPS) is 11.6. The molecule has 61 heavy (non-hydrogen) atoms. The van der Waals surface area contributed by atoms with Crippen molar-refractivity contribution in [2.75, 3.05) is 0 Å². The van der Waals surface area contributed by atoms with Crippen LogP contribution < -0.4 is 0 Å². The summed E-state index contributed by atoms with van der Waals surface area (Å²) >= 11 is 0. The number of fused-ring (bicyclic) bond motifs is 7. The number of nitrogens with zero attached hydrogens (tertiary/aromatic N) is 5. The number of hydrogen-bond acceptors (Lipinski definition) is 4. The second-order valence-electron chi connectivity index (χ2n) is 15.5. The van der Waals surface area contributed by atoms with Crippen LogP contribution in [-0.4, -0.2) is 24.5 Å². The lowest BCUT2D eigenvalue weighted by Crippen LogP contribution is -2.00. The Labute approximate surface area is 351 Å². The summed E-state index contributed by atoms with van der Waals surface area (Å²) in [7, 11) is 0. The molecule has 5 heteroatoms. The Hall–Kier alpha value is -8.28. The summed E-state index contributed by atoms with van der Waals surface area (Å²) in [6.45, 7) is 0. The zero-order valence-electron chi connectivity index (χ0n) is 32.9. The number of para-hydroxylation sites is 1. The zero-order valence-corrected chi connectivity index (χ0v) is 32.9. The van der Waals surface area contributed by atoms with Crippen LogP contribution in [0.4, 0.5) is 0 Å². The second kappa shape index (κ2) is 14.2. The molecule has 12 aromatic rings. The van der Waals surface area contributed by atoms with Gasteiger partial charge in [-0.3, -0.25) is 0 Å². The molecule has 3 heterocycles. The van der Waals surface area contributed by atoms with E-state index in [0.717, 1.165) is 88.2 Å². The van der Waals surface area contributed by atoms with Crippen molar-refractivity contribution < 1.29 is 0 Å². The largest absolute Gasteiger partial charge is 0.309 e. The molecule has 0 aliphatic heterocycles. The third-order valence-corrected chi connectivity index (χ3v) is 11.8. The molecular weight excluding hydrogens is 743 g/mol. The Bertz CT molecular complexity index is 3630. The van der Waals surface area contributed by atoms with E-state index < -0.39 is 0 Å². The first kappa shape index (κ1) is 34.7. The van der Waals surface area contributed by atoms with Gasteiger partial charge in [-0.25, -0.2) is 19.9 Å². The topological polar surface area (TPSA) is 56.5 Å². The molecule has 0 saturated carbocycles. The van der Waals surface area contributed by atoms with Crippen LogP contribution in [0.1, 0.15) is 0 Å². The van der Waals surface area contributed by atoms with Gasteiger partial charge in [-0.05, 0) is 75.8 Å². The Morgan fingerprint density at radius 3 is 1.61 bits per heavy atom. The average Bonchev–Trinajstić information content (AvgIpc) is 3.66. The molecule has 0 N–H and O–H groups in total. The van der Waals surface area contributed by atoms with Crippen LogP contribution in [-0.2, 0) is 0 Å². The number of pyridine rings is 1. The smallest absolute Gasteiger partial charge is 0.164 e. The highest BCUT2D eigenvalue weighted by Gasteiger charge is 2.19. The molecule has 0 saturated heterocycles. The molecule has 0 unspecified atom stereocenters. The summed E-state index contributed by atoms with van der Waals surface area (Å²) in [5.74, 6) is 1.90. The van der Waals surface area contributed by atoms with E-state index in [0.29, 0.717) is 17.5 Å². The van der Waals surface area contributed by atoms with Crippen molar-refractivity contribution in [3.8, 4) is 62.2 Å². The maximum Gasteiger partial charge on any atom is 0.164 e. The molecule has 0 spiro atoms. The van der Waals surface area contributed by atoms with Crippen LogP contribution in [0.2, 0.25) is 0 Å². The lowest BCUT2D eigenvalue weighted by Gasteiger charge is -2.12. The second-order valence-corrected chi connectivity index (χ2v) is 15.5. The lowest BCUT2D eigenvalue weighted by atomic mass is 9.98. The van der Waals surface area contributed by atoms with Crippen molar-refractivity contribution >= 4 is 54.3 Å². The van der Waals surface area contributed by atoms with E-state index in [-0.39, 0.29) is 0 Å². The van der Waals surface area contributed by atoms with Gasteiger partial charge >= 0.3 is 0 Å². The molecule has 0 fully saturated rings. The maximum absolute atomic E-state index is 5.38. The minimum absolute atomic E-state index is 0.625. The summed E-state index contributed by atoms with van der Waals surface area (Å²) < 4.78 is 2.38. The van der Waals surface area contributed by atoms with E-state index >= 15 is 0 Å². The van der Waals surface area contributed by atoms with E-state index in [1.165, 1.54) is 10.8 Å². The number of benzene rings is 9. The molecule has 9 aromatic carbocycles. The molecule has 0 bridgehead atoms. The molecule has 5 nitrogen and oxygen atoms in total. The summed E-state index contributed by atoms with van der Waals surface area (Å²) in [5.41, 5.74) is 11.4. The third-order valence-electron chi connectivity index (χ3n) is 11.8. The summed E-state index contributed by atoms with van der Waals surface area (Å²) in [6, 6.07) is 74.6. The van der Waals surface area contributed by atoms with E-state index in [2.05, 4.69) is 187 Å². The van der Waals surface area contributed by atoms with Gasteiger partial charge in [0.25, 0.3) is 0 Å². The van der Waals surface area contributed by atoms with Crippen LogP contribution in [0, 0.1) is 0 Å². The minimum Gasteiger partial charge on any atom is -0.309 e. The fraction of sp³-hybridized carbons (Fsp3) is 0. The van der Waals surface area contributed by atoms with Gasteiger partial charge in [0.15, 0.2) is 17.5 Å². The number of rotatable bonds is 6. The van der Waals surface area contributed by atoms with Gasteiger partial charge in [0.2, 0.25) is 0 Å². The zero-order chi connectivity index (χ0) is 40.3. The van der Waals surface area contributed by atoms with Gasteiger partial charge < -0.3 is 4.57 Å². The van der Waals surface area contributed by atoms with Crippen molar-refractivity contribution in [3.05, 3.63) is 212 Å². The molecular formula is C56H35N5. The predicted octanol–water partition coefficient (Wildman–Crippen LogP) is 14.2. The van der Waals surface area contributed by atoms with Crippen LogP contribution in [0.25, 0.3) is 116 Å². The standard InChI is InChI=1S/C56H35N5/c1-4-16-37(17-5-1)53-46-26-13-12-25-45(46)47-35-52-49(34-50(47)57-53)48-33-41(29-30-51(48)61(52)44-23-8-3-9-24-44)40-21-14-22-42(32-40)55-58-54(38-18-6-2-7-19-38)59-56(60-55)43-28-27-36-15-10-11-20-39(36)31-43/h1-35H. The summed E-state index contributed by atoms with van der Waals surface area (Å²) in [4.78, 5) is 20.6. The molecule has 12 rings (SSSR count). The predicted molar refractivity (Wildman–Crippen MR) is 252 cm³/mol. The summed E-state index contributed by atoms with van der Waals surface area (Å²) in [5, 5.41) is 8.09. The molecule has 0 aliphatic rings. The molecule has 0 amide bonds. The van der Waals surface area contributed by atoms with E-state index in [4.69, 9.17) is 19.9 Å². The van der Waals surface area contributed by atoms with Crippen molar-refractivity contribution in [1.29, 1.82) is 0 Å². The Balaban J connectivity index is 1.04. The van der Waals surface area contributed by atoms with E-state index in [9.17, 15) is 0 Å². The highest BCUT2D eigenvalue weighted by molar-refractivity contribution is 6.19. The van der Waals surface area contributed by atoms with Crippen LogP contribution in [0.3, 0.4) is 0 Å². The molecule has 0 aliphatic carbocycles.